The summed E-state index contributed by atoms with van der Waals surface area (Å²) in [5.74, 6) is 0.949. The average Bonchev–Trinajstić information content (AvgIpc) is 2.26. The molecular formula is C14H27NO2. The summed E-state index contributed by atoms with van der Waals surface area (Å²) in [5, 5.41) is 3.46. The molecule has 100 valence electrons. The van der Waals surface area contributed by atoms with E-state index in [0.29, 0.717) is 12.1 Å². The predicted molar refractivity (Wildman–Crippen MR) is 69.2 cm³/mol. The van der Waals surface area contributed by atoms with Gasteiger partial charge in [-0.05, 0) is 32.2 Å². The Kier molecular flexibility index (Phi) is 5.26. The van der Waals surface area contributed by atoms with E-state index in [2.05, 4.69) is 19.2 Å². The number of hydrogen-bond donors (Lipinski definition) is 1. The van der Waals surface area contributed by atoms with Crippen molar-refractivity contribution in [2.45, 2.75) is 64.2 Å². The van der Waals surface area contributed by atoms with Gasteiger partial charge in [-0.1, -0.05) is 26.2 Å². The molecular weight excluding hydrogens is 214 g/mol. The summed E-state index contributed by atoms with van der Waals surface area (Å²) in [6, 6.07) is 0.508. The number of hydrogen-bond acceptors (Lipinski definition) is 3. The van der Waals surface area contributed by atoms with Gasteiger partial charge in [-0.2, -0.15) is 0 Å². The third-order valence-electron chi connectivity index (χ3n) is 4.16. The van der Waals surface area contributed by atoms with Crippen LogP contribution < -0.4 is 5.32 Å². The fourth-order valence-electron chi connectivity index (χ4n) is 2.79. The van der Waals surface area contributed by atoms with Crippen molar-refractivity contribution in [3.63, 3.8) is 0 Å². The van der Waals surface area contributed by atoms with Crippen LogP contribution in [0.25, 0.3) is 0 Å². The van der Waals surface area contributed by atoms with E-state index in [-0.39, 0.29) is 6.10 Å². The maximum absolute atomic E-state index is 5.96. The van der Waals surface area contributed by atoms with Gasteiger partial charge in [0, 0.05) is 19.3 Å². The van der Waals surface area contributed by atoms with E-state index < -0.39 is 0 Å². The molecule has 0 saturated heterocycles. The topological polar surface area (TPSA) is 30.5 Å². The van der Waals surface area contributed by atoms with Crippen molar-refractivity contribution in [2.24, 2.45) is 5.92 Å². The summed E-state index contributed by atoms with van der Waals surface area (Å²) in [7, 11) is 0. The third kappa shape index (κ3) is 3.43. The van der Waals surface area contributed by atoms with E-state index in [1.54, 1.807) is 0 Å². The Morgan fingerprint density at radius 2 is 2.00 bits per heavy atom. The summed E-state index contributed by atoms with van der Waals surface area (Å²) < 4.78 is 11.7. The quantitative estimate of drug-likeness (QED) is 0.707. The minimum absolute atomic E-state index is 0.279. The molecule has 3 atom stereocenters. The van der Waals surface area contributed by atoms with Crippen molar-refractivity contribution in [3.8, 4) is 0 Å². The first kappa shape index (κ1) is 13.3. The van der Waals surface area contributed by atoms with Crippen LogP contribution in [0.2, 0.25) is 0 Å². The smallest absolute Gasteiger partial charge is 0.0990 e. The molecule has 2 rings (SSSR count). The molecule has 3 unspecified atom stereocenters. The number of rotatable bonds is 8. The fourth-order valence-corrected chi connectivity index (χ4v) is 2.79. The lowest BCUT2D eigenvalue weighted by Gasteiger charge is -2.44. The minimum Gasteiger partial charge on any atom is -0.375 e. The van der Waals surface area contributed by atoms with Crippen molar-refractivity contribution in [1.29, 1.82) is 0 Å². The second kappa shape index (κ2) is 6.72. The minimum atomic E-state index is 0.279. The summed E-state index contributed by atoms with van der Waals surface area (Å²) in [6.45, 7) is 6.94. The molecule has 0 heterocycles. The van der Waals surface area contributed by atoms with Gasteiger partial charge >= 0.3 is 0 Å². The molecule has 0 aliphatic heterocycles. The number of nitrogens with one attached hydrogen (secondary N) is 1. The van der Waals surface area contributed by atoms with E-state index in [9.17, 15) is 0 Å². The normalized spacial score (nSPS) is 33.2. The van der Waals surface area contributed by atoms with Crippen molar-refractivity contribution in [3.05, 3.63) is 0 Å². The van der Waals surface area contributed by atoms with Crippen LogP contribution in [-0.4, -0.2) is 38.0 Å². The van der Waals surface area contributed by atoms with Crippen molar-refractivity contribution >= 4 is 0 Å². The van der Waals surface area contributed by atoms with Crippen LogP contribution in [-0.2, 0) is 9.47 Å². The lowest BCUT2D eigenvalue weighted by molar-refractivity contribution is -0.146. The molecule has 3 nitrogen and oxygen atoms in total. The Labute approximate surface area is 105 Å². The molecule has 0 aromatic heterocycles. The monoisotopic (exact) mass is 241 g/mol. The molecule has 0 amide bonds. The largest absolute Gasteiger partial charge is 0.375 e. The summed E-state index contributed by atoms with van der Waals surface area (Å²) >= 11 is 0. The Bertz CT molecular complexity index is 218. The average molecular weight is 241 g/mol. The highest BCUT2D eigenvalue weighted by Crippen LogP contribution is 2.31. The zero-order valence-electron chi connectivity index (χ0n) is 11.3. The van der Waals surface area contributed by atoms with Gasteiger partial charge in [0.15, 0.2) is 0 Å². The van der Waals surface area contributed by atoms with Crippen LogP contribution >= 0.6 is 0 Å². The Hall–Kier alpha value is -0.120. The van der Waals surface area contributed by atoms with E-state index >= 15 is 0 Å². The summed E-state index contributed by atoms with van der Waals surface area (Å²) in [4.78, 5) is 0. The molecule has 2 aliphatic rings. The van der Waals surface area contributed by atoms with Gasteiger partial charge in [-0.3, -0.25) is 0 Å². The standard InChI is InChI=1S/C14H27NO2/c1-3-15-12-10-13(14(12)16-4-2)17-9-8-11-6-5-7-11/h11-15H,3-10H2,1-2H3. The molecule has 2 aliphatic carbocycles. The fraction of sp³-hybridized carbons (Fsp3) is 1.00. The van der Waals surface area contributed by atoms with Crippen LogP contribution in [0.1, 0.15) is 46.0 Å². The third-order valence-corrected chi connectivity index (χ3v) is 4.16. The molecule has 0 bridgehead atoms. The first-order chi connectivity index (χ1) is 8.35. The van der Waals surface area contributed by atoms with E-state index in [1.807, 2.05) is 0 Å². The summed E-state index contributed by atoms with van der Waals surface area (Å²) in [5.41, 5.74) is 0. The second-order valence-corrected chi connectivity index (χ2v) is 5.31. The van der Waals surface area contributed by atoms with Gasteiger partial charge in [0.2, 0.25) is 0 Å². The Balaban J connectivity index is 1.62. The molecule has 1 N–H and O–H groups in total. The highest BCUT2D eigenvalue weighted by molar-refractivity contribution is 4.97. The second-order valence-electron chi connectivity index (χ2n) is 5.31. The van der Waals surface area contributed by atoms with Gasteiger partial charge in [0.05, 0.1) is 12.2 Å². The predicted octanol–water partition coefficient (Wildman–Crippen LogP) is 2.35. The zero-order chi connectivity index (χ0) is 12.1. The number of likely N-dealkylation sites (N-methyl/N-ethyl adjacent to an activating group) is 1. The van der Waals surface area contributed by atoms with Crippen LogP contribution in [0.15, 0.2) is 0 Å². The van der Waals surface area contributed by atoms with E-state index in [0.717, 1.165) is 32.1 Å². The van der Waals surface area contributed by atoms with Gasteiger partial charge in [-0.15, -0.1) is 0 Å². The van der Waals surface area contributed by atoms with Crippen molar-refractivity contribution in [1.82, 2.24) is 5.32 Å². The molecule has 2 fully saturated rings. The first-order valence-corrected chi connectivity index (χ1v) is 7.31. The molecule has 0 aromatic rings. The van der Waals surface area contributed by atoms with E-state index in [4.69, 9.17) is 9.47 Å². The maximum atomic E-state index is 5.96. The van der Waals surface area contributed by atoms with Gasteiger partial charge in [-0.25, -0.2) is 0 Å². The highest BCUT2D eigenvalue weighted by Gasteiger charge is 2.42. The molecule has 0 radical (unpaired) electrons. The van der Waals surface area contributed by atoms with Gasteiger partial charge in [0.25, 0.3) is 0 Å². The first-order valence-electron chi connectivity index (χ1n) is 7.31. The molecule has 2 saturated carbocycles. The lowest BCUT2D eigenvalue weighted by Crippen LogP contribution is -2.60. The zero-order valence-corrected chi connectivity index (χ0v) is 11.3. The van der Waals surface area contributed by atoms with Crippen molar-refractivity contribution < 1.29 is 9.47 Å². The highest BCUT2D eigenvalue weighted by atomic mass is 16.5. The molecule has 3 heteroatoms. The van der Waals surface area contributed by atoms with E-state index in [1.165, 1.54) is 25.7 Å². The molecule has 17 heavy (non-hydrogen) atoms. The lowest BCUT2D eigenvalue weighted by atomic mass is 9.83. The summed E-state index contributed by atoms with van der Waals surface area (Å²) in [6.07, 6.45) is 7.24. The van der Waals surface area contributed by atoms with Crippen LogP contribution in [0.3, 0.4) is 0 Å². The van der Waals surface area contributed by atoms with Gasteiger partial charge < -0.3 is 14.8 Å². The molecule has 0 aromatic carbocycles. The Morgan fingerprint density at radius 3 is 2.59 bits per heavy atom. The van der Waals surface area contributed by atoms with Gasteiger partial charge in [0.1, 0.15) is 0 Å². The maximum Gasteiger partial charge on any atom is 0.0990 e. The SMILES string of the molecule is CCNC1CC(OCCC2CCC2)C1OCC. The van der Waals surface area contributed by atoms with Crippen LogP contribution in [0, 0.1) is 5.92 Å². The molecule has 0 spiro atoms. The number of ether oxygens (including phenoxy) is 2. The van der Waals surface area contributed by atoms with Crippen molar-refractivity contribution in [2.75, 3.05) is 19.8 Å². The van der Waals surface area contributed by atoms with Crippen LogP contribution in [0.5, 0.6) is 0 Å². The Morgan fingerprint density at radius 1 is 1.18 bits per heavy atom. The van der Waals surface area contributed by atoms with Crippen LogP contribution in [0.4, 0.5) is 0 Å².